The van der Waals surface area contributed by atoms with Crippen LogP contribution in [-0.2, 0) is 0 Å². The van der Waals surface area contributed by atoms with Gasteiger partial charge in [0.1, 0.15) is 1.41 Å². The fourth-order valence-electron chi connectivity index (χ4n) is 0.937. The zero-order chi connectivity index (χ0) is 7.99. The Hall–Kier alpha value is -0.0800. The average molecular weight is 130 g/mol. The van der Waals surface area contributed by atoms with Crippen LogP contribution in [0.4, 0.5) is 0 Å². The Morgan fingerprint density at radius 3 is 2.11 bits per heavy atom. The minimum absolute atomic E-state index is 0.144. The number of β-amino-alcohol motifs (C(OH)–C–C–N with tert-alkyl or cyclic N) is 1. The van der Waals surface area contributed by atoms with Crippen molar-refractivity contribution in [1.82, 2.24) is 5.31 Å². The van der Waals surface area contributed by atoms with Gasteiger partial charge in [-0.15, -0.1) is 0 Å². The maximum Gasteiger partial charge on any atom is 0.122 e. The summed E-state index contributed by atoms with van der Waals surface area (Å²) in [4.78, 5) is 0. The number of aliphatic hydroxyl groups is 1. The first-order chi connectivity index (χ1) is 4.35. The van der Waals surface area contributed by atoms with E-state index < -0.39 is 5.60 Å². The molecule has 1 heterocycles. The van der Waals surface area contributed by atoms with Gasteiger partial charge in [0.2, 0.25) is 0 Å². The number of rotatable bonds is 0. The molecule has 1 saturated heterocycles. The molecule has 0 aromatic carbocycles. The Labute approximate surface area is 57.7 Å². The third kappa shape index (κ3) is 0.970. The molecular weight excluding hydrogens is 114 g/mol. The highest BCUT2D eigenvalue weighted by Gasteiger charge is 2.43. The Kier molecular flexibility index (Phi) is 1.08. The van der Waals surface area contributed by atoms with Gasteiger partial charge in [-0.3, -0.25) is 0 Å². The van der Waals surface area contributed by atoms with Gasteiger partial charge >= 0.3 is 0 Å². The summed E-state index contributed by atoms with van der Waals surface area (Å²) in [5.41, 5.74) is -0.844. The van der Waals surface area contributed by atoms with Crippen molar-refractivity contribution < 1.29 is 6.52 Å². The van der Waals surface area contributed by atoms with Crippen molar-refractivity contribution in [2.45, 2.75) is 26.4 Å². The first kappa shape index (κ1) is 5.69. The molecule has 2 N–H and O–H groups in total. The highest BCUT2D eigenvalue weighted by Crippen LogP contribution is 2.33. The molecule has 9 heavy (non-hydrogen) atoms. The summed E-state index contributed by atoms with van der Waals surface area (Å²) in [5, 5.41) is 11.1. The summed E-state index contributed by atoms with van der Waals surface area (Å²) in [6.45, 7) is 6.88. The molecule has 1 aliphatic rings. The van der Waals surface area contributed by atoms with E-state index in [1.165, 1.54) is 5.31 Å². The lowest BCUT2D eigenvalue weighted by molar-refractivity contribution is -0.00919. The molecule has 0 radical (unpaired) electrons. The van der Waals surface area contributed by atoms with Crippen LogP contribution in [-0.4, -0.2) is 23.8 Å². The van der Waals surface area contributed by atoms with Crippen LogP contribution in [0.2, 0.25) is 1.41 Å². The molecule has 0 aromatic rings. The SMILES string of the molecule is [2H]N1CC(C)(C)C(C)(O)C1. The van der Waals surface area contributed by atoms with Crippen LogP contribution in [0.25, 0.3) is 0 Å². The lowest BCUT2D eigenvalue weighted by atomic mass is 9.79. The molecule has 0 bridgehead atoms. The van der Waals surface area contributed by atoms with Gasteiger partial charge in [0, 0.05) is 18.5 Å². The van der Waals surface area contributed by atoms with Crippen LogP contribution in [0.15, 0.2) is 0 Å². The van der Waals surface area contributed by atoms with Gasteiger partial charge in [0.05, 0.1) is 5.60 Å². The molecule has 1 rings (SSSR count). The van der Waals surface area contributed by atoms with E-state index in [9.17, 15) is 5.11 Å². The van der Waals surface area contributed by atoms with Crippen molar-refractivity contribution in [3.05, 3.63) is 0 Å². The summed E-state index contributed by atoms with van der Waals surface area (Å²) >= 11 is 0. The van der Waals surface area contributed by atoms with Crippen molar-refractivity contribution >= 4 is 0 Å². The van der Waals surface area contributed by atoms with Gasteiger partial charge in [-0.2, -0.15) is 0 Å². The Balaban J connectivity index is 2.78. The predicted octanol–water partition coefficient (Wildman–Crippen LogP) is 0.367. The Morgan fingerprint density at radius 2 is 2.00 bits per heavy atom. The van der Waals surface area contributed by atoms with E-state index in [1.54, 1.807) is 6.92 Å². The summed E-state index contributed by atoms with van der Waals surface area (Å²) in [6, 6.07) is 0. The molecule has 0 amide bonds. The minimum atomic E-state index is -0.700. The molecule has 0 saturated carbocycles. The Morgan fingerprint density at radius 1 is 1.44 bits per heavy atom. The maximum absolute atomic E-state index is 9.73. The quantitative estimate of drug-likeness (QED) is 0.496. The summed E-state index contributed by atoms with van der Waals surface area (Å²) in [7, 11) is 0. The lowest BCUT2D eigenvalue weighted by Gasteiger charge is -2.31. The molecule has 0 aliphatic carbocycles. The second-order valence-electron chi connectivity index (χ2n) is 3.70. The maximum atomic E-state index is 9.73. The molecule has 2 heteroatoms. The molecule has 1 fully saturated rings. The third-order valence-corrected chi connectivity index (χ3v) is 2.38. The fourth-order valence-corrected chi connectivity index (χ4v) is 0.937. The highest BCUT2D eigenvalue weighted by molar-refractivity contribution is 4.98. The molecule has 1 aliphatic heterocycles. The van der Waals surface area contributed by atoms with Gasteiger partial charge in [-0.1, -0.05) is 13.8 Å². The van der Waals surface area contributed by atoms with E-state index >= 15 is 0 Å². The molecule has 1 unspecified atom stereocenters. The number of hydrogen-bond acceptors (Lipinski definition) is 2. The first-order valence-electron chi connectivity index (χ1n) is 3.76. The zero-order valence-electron chi connectivity index (χ0n) is 7.31. The first-order valence-corrected chi connectivity index (χ1v) is 3.31. The van der Waals surface area contributed by atoms with Crippen LogP contribution in [0, 0.1) is 5.41 Å². The van der Waals surface area contributed by atoms with E-state index in [4.69, 9.17) is 1.41 Å². The molecule has 2 nitrogen and oxygen atoms in total. The Bertz CT molecular complexity index is 129. The van der Waals surface area contributed by atoms with E-state index in [0.717, 1.165) is 0 Å². The lowest BCUT2D eigenvalue weighted by Crippen LogP contribution is -2.40. The zero-order valence-corrected chi connectivity index (χ0v) is 6.31. The molecular formula is C7H15NO. The van der Waals surface area contributed by atoms with Crippen molar-refractivity contribution in [1.29, 1.82) is 0 Å². The summed E-state index contributed by atoms with van der Waals surface area (Å²) in [6.07, 6.45) is 0. The summed E-state index contributed by atoms with van der Waals surface area (Å²) in [5.74, 6) is 0. The van der Waals surface area contributed by atoms with E-state index in [-0.39, 0.29) is 5.41 Å². The monoisotopic (exact) mass is 130 g/mol. The standard InChI is InChI=1S/C7H15NO/c1-6(2)4-8-5-7(6,3)9/h8-9H,4-5H2,1-3H3/i/hD. The van der Waals surface area contributed by atoms with E-state index in [0.29, 0.717) is 13.1 Å². The second kappa shape index (κ2) is 1.70. The van der Waals surface area contributed by atoms with Gasteiger partial charge in [-0.25, -0.2) is 0 Å². The van der Waals surface area contributed by atoms with Crippen molar-refractivity contribution in [2.75, 3.05) is 13.1 Å². The largest absolute Gasteiger partial charge is 0.388 e. The van der Waals surface area contributed by atoms with Crippen LogP contribution in [0.5, 0.6) is 0 Å². The van der Waals surface area contributed by atoms with Gasteiger partial charge in [0.25, 0.3) is 0 Å². The number of hydrogen-bond donors (Lipinski definition) is 2. The van der Waals surface area contributed by atoms with Crippen LogP contribution in [0.1, 0.15) is 20.8 Å². The van der Waals surface area contributed by atoms with Crippen molar-refractivity contribution in [3.8, 4) is 0 Å². The summed E-state index contributed by atoms with van der Waals surface area (Å²) < 4.78 is 7.32. The normalized spacial score (nSPS) is 45.1. The highest BCUT2D eigenvalue weighted by atomic mass is 16.3. The average Bonchev–Trinajstić information content (AvgIpc) is 1.73. The molecule has 0 aromatic heterocycles. The minimum Gasteiger partial charge on any atom is -0.388 e. The van der Waals surface area contributed by atoms with Crippen molar-refractivity contribution in [2.24, 2.45) is 5.41 Å². The topological polar surface area (TPSA) is 32.3 Å². The van der Waals surface area contributed by atoms with Crippen molar-refractivity contribution in [3.63, 3.8) is 0 Å². The predicted molar refractivity (Wildman–Crippen MR) is 37.3 cm³/mol. The fraction of sp³-hybridized carbons (Fsp3) is 1.00. The molecule has 1 atom stereocenters. The van der Waals surface area contributed by atoms with E-state index in [1.807, 2.05) is 13.8 Å². The van der Waals surface area contributed by atoms with Crippen LogP contribution in [0.3, 0.4) is 0 Å². The van der Waals surface area contributed by atoms with Gasteiger partial charge < -0.3 is 10.4 Å². The smallest absolute Gasteiger partial charge is 0.122 e. The van der Waals surface area contributed by atoms with Gasteiger partial charge in [0.15, 0.2) is 0 Å². The van der Waals surface area contributed by atoms with E-state index in [2.05, 4.69) is 0 Å². The molecule has 54 valence electrons. The van der Waals surface area contributed by atoms with Crippen LogP contribution < -0.4 is 5.31 Å². The van der Waals surface area contributed by atoms with Crippen LogP contribution >= 0.6 is 0 Å². The van der Waals surface area contributed by atoms with Gasteiger partial charge in [-0.05, 0) is 6.92 Å². The third-order valence-electron chi connectivity index (χ3n) is 2.38. The number of nitrogens with one attached hydrogen (secondary N) is 1. The second-order valence-corrected chi connectivity index (χ2v) is 3.70. The molecule has 0 spiro atoms.